The van der Waals surface area contributed by atoms with Crippen molar-refractivity contribution < 1.29 is 9.53 Å². The van der Waals surface area contributed by atoms with Gasteiger partial charge in [-0.2, -0.15) is 0 Å². The van der Waals surface area contributed by atoms with Crippen molar-refractivity contribution in [2.45, 2.75) is 71.2 Å². The van der Waals surface area contributed by atoms with Crippen molar-refractivity contribution in [1.29, 1.82) is 0 Å². The van der Waals surface area contributed by atoms with Gasteiger partial charge in [-0.25, -0.2) is 0 Å². The number of carbonyl (C=O) groups excluding carboxylic acids is 1. The number of rotatable bonds is 8. The van der Waals surface area contributed by atoms with E-state index < -0.39 is 0 Å². The van der Waals surface area contributed by atoms with Crippen LogP contribution in [0, 0.1) is 0 Å². The number of ether oxygens (including phenoxy) is 1. The van der Waals surface area contributed by atoms with Crippen LogP contribution in [0.25, 0.3) is 0 Å². The molecule has 32 heavy (non-hydrogen) atoms. The van der Waals surface area contributed by atoms with Gasteiger partial charge < -0.3 is 15.8 Å². The van der Waals surface area contributed by atoms with E-state index in [4.69, 9.17) is 10.5 Å². The summed E-state index contributed by atoms with van der Waals surface area (Å²) in [7, 11) is 0. The summed E-state index contributed by atoms with van der Waals surface area (Å²) < 4.78 is 8.06. The summed E-state index contributed by atoms with van der Waals surface area (Å²) in [5.41, 5.74) is 9.66. The number of halogens is 1. The molecule has 3 heterocycles. The first-order valence-corrected chi connectivity index (χ1v) is 12.6. The molecule has 3 atom stereocenters. The molecule has 8 nitrogen and oxygen atoms in total. The topological polar surface area (TPSA) is 86.1 Å². The molecule has 9 heteroatoms. The quantitative estimate of drug-likeness (QED) is 0.336. The molecular formula is C23H35IN6O2. The number of benzene rings is 1. The van der Waals surface area contributed by atoms with Gasteiger partial charge in [0.25, 0.3) is 0 Å². The molecule has 0 aliphatic carbocycles. The maximum atomic E-state index is 12.5. The fraction of sp³-hybridized carbons (Fsp3) is 0.609. The number of nitrogens with zero attached hydrogens (tertiary/aromatic N) is 3. The molecule has 1 aromatic carbocycles. The van der Waals surface area contributed by atoms with Gasteiger partial charge in [0.2, 0.25) is 5.91 Å². The van der Waals surface area contributed by atoms with Crippen molar-refractivity contribution in [2.24, 2.45) is 5.73 Å². The van der Waals surface area contributed by atoms with Gasteiger partial charge in [-0.1, -0.05) is 37.6 Å². The Kier molecular flexibility index (Phi) is 7.93. The first-order chi connectivity index (χ1) is 15.4. The highest BCUT2D eigenvalue weighted by molar-refractivity contribution is 14.1. The molecule has 1 aromatic rings. The Morgan fingerprint density at radius 1 is 1.25 bits per heavy atom. The summed E-state index contributed by atoms with van der Waals surface area (Å²) in [5, 5.41) is 6.53. The van der Waals surface area contributed by atoms with Crippen LogP contribution in [0.4, 0.5) is 0 Å². The number of likely N-dealkylation sites (tertiary alicyclic amines) is 1. The number of hydrogen-bond donors (Lipinski definition) is 3. The number of carbonyl (C=O) groups is 1. The Morgan fingerprint density at radius 3 is 2.69 bits per heavy atom. The van der Waals surface area contributed by atoms with Crippen LogP contribution in [0.15, 0.2) is 35.8 Å². The van der Waals surface area contributed by atoms with E-state index in [1.807, 2.05) is 3.11 Å². The fourth-order valence-electron chi connectivity index (χ4n) is 4.75. The molecule has 0 spiro atoms. The lowest BCUT2D eigenvalue weighted by atomic mass is 10.1. The normalized spacial score (nSPS) is 25.7. The lowest BCUT2D eigenvalue weighted by Crippen LogP contribution is -2.66. The van der Waals surface area contributed by atoms with Gasteiger partial charge in [0.1, 0.15) is 12.0 Å². The Hall–Kier alpha value is -1.40. The number of nitrogens with two attached hydrogens (primary N) is 1. The lowest BCUT2D eigenvalue weighted by molar-refractivity contribution is -0.129. The van der Waals surface area contributed by atoms with E-state index in [2.05, 4.69) is 81.4 Å². The number of fused-ring (bicyclic) bond motifs is 1. The average Bonchev–Trinajstić information content (AvgIpc) is 3.26. The monoisotopic (exact) mass is 554 g/mol. The maximum Gasteiger partial charge on any atom is 0.238 e. The zero-order valence-electron chi connectivity index (χ0n) is 19.0. The van der Waals surface area contributed by atoms with Crippen LogP contribution in [0.3, 0.4) is 0 Å². The number of piperazine rings is 1. The second kappa shape index (κ2) is 10.7. The summed E-state index contributed by atoms with van der Waals surface area (Å²) in [6.07, 6.45) is 4.17. The highest BCUT2D eigenvalue weighted by atomic mass is 127. The number of nitrogens with one attached hydrogen (secondary N) is 2. The van der Waals surface area contributed by atoms with E-state index in [0.29, 0.717) is 24.6 Å². The molecule has 0 saturated carbocycles. The van der Waals surface area contributed by atoms with Crippen LogP contribution in [-0.4, -0.2) is 57.1 Å². The predicted molar refractivity (Wildman–Crippen MR) is 133 cm³/mol. The molecule has 2 saturated heterocycles. The zero-order chi connectivity index (χ0) is 22.7. The molecule has 2 unspecified atom stereocenters. The van der Waals surface area contributed by atoms with Gasteiger partial charge in [0, 0.05) is 13.1 Å². The number of hydrogen-bond acceptors (Lipinski definition) is 7. The molecule has 4 rings (SSSR count). The SMILES string of the molecule is CCC[C@@H](C)OC1NC2C(=C(N)N1I)NC(=O)CN2Cc1cccc(CN2CCCC2)c1. The standard InChI is InChI=1S/C23H35IN6O2/c1-3-7-16(2)32-23-27-22-20(21(25)30(23)24)26-19(31)15-29(22)14-18-9-6-8-17(12-18)13-28-10-4-5-11-28/h6,8-9,12,16,22-23,27H,3-5,7,10-11,13-15,25H2,1-2H3,(H,26,31)/t16-,22?,23?/m1/s1. The van der Waals surface area contributed by atoms with Crippen molar-refractivity contribution in [3.05, 3.63) is 46.9 Å². The third-order valence-corrected chi connectivity index (χ3v) is 7.34. The van der Waals surface area contributed by atoms with Crippen molar-refractivity contribution in [1.82, 2.24) is 23.5 Å². The Labute approximate surface area is 205 Å². The minimum absolute atomic E-state index is 0.0438. The third kappa shape index (κ3) is 5.56. The summed E-state index contributed by atoms with van der Waals surface area (Å²) in [4.78, 5) is 17.1. The van der Waals surface area contributed by atoms with E-state index in [0.717, 1.165) is 19.4 Å². The predicted octanol–water partition coefficient (Wildman–Crippen LogP) is 2.41. The van der Waals surface area contributed by atoms with Crippen LogP contribution in [0.5, 0.6) is 0 Å². The van der Waals surface area contributed by atoms with E-state index in [1.54, 1.807) is 0 Å². The first kappa shape index (κ1) is 23.7. The van der Waals surface area contributed by atoms with Gasteiger partial charge in [0.15, 0.2) is 6.35 Å². The number of amides is 1. The maximum absolute atomic E-state index is 12.5. The van der Waals surface area contributed by atoms with E-state index in [9.17, 15) is 4.79 Å². The van der Waals surface area contributed by atoms with Gasteiger partial charge in [-0.05, 0) is 50.4 Å². The minimum atomic E-state index is -0.357. The van der Waals surface area contributed by atoms with Crippen molar-refractivity contribution in [2.75, 3.05) is 19.6 Å². The highest BCUT2D eigenvalue weighted by Gasteiger charge is 2.40. The van der Waals surface area contributed by atoms with Crippen LogP contribution in [-0.2, 0) is 22.6 Å². The minimum Gasteiger partial charge on any atom is -0.383 e. The largest absolute Gasteiger partial charge is 0.383 e. The molecule has 176 valence electrons. The third-order valence-electron chi connectivity index (χ3n) is 6.31. The second-order valence-electron chi connectivity index (χ2n) is 9.02. The molecule has 0 aromatic heterocycles. The van der Waals surface area contributed by atoms with Crippen LogP contribution in [0.1, 0.15) is 50.7 Å². The van der Waals surface area contributed by atoms with Crippen LogP contribution >= 0.6 is 22.9 Å². The Bertz CT molecular complexity index is 844. The van der Waals surface area contributed by atoms with Gasteiger partial charge in [-0.3, -0.25) is 23.0 Å². The summed E-state index contributed by atoms with van der Waals surface area (Å²) in [5.74, 6) is 0.488. The zero-order valence-corrected chi connectivity index (χ0v) is 21.2. The van der Waals surface area contributed by atoms with Gasteiger partial charge in [-0.15, -0.1) is 0 Å². The van der Waals surface area contributed by atoms with Crippen molar-refractivity contribution >= 4 is 28.8 Å². The van der Waals surface area contributed by atoms with E-state index >= 15 is 0 Å². The van der Waals surface area contributed by atoms with Crippen molar-refractivity contribution in [3.8, 4) is 0 Å². The molecule has 0 bridgehead atoms. The molecule has 2 fully saturated rings. The Balaban J connectivity index is 1.50. The molecule has 3 aliphatic rings. The summed E-state index contributed by atoms with van der Waals surface area (Å²) >= 11 is 2.15. The molecular weight excluding hydrogens is 519 g/mol. The lowest BCUT2D eigenvalue weighted by Gasteiger charge is -2.46. The first-order valence-electron chi connectivity index (χ1n) is 11.6. The Morgan fingerprint density at radius 2 is 1.97 bits per heavy atom. The van der Waals surface area contributed by atoms with Gasteiger partial charge >= 0.3 is 0 Å². The van der Waals surface area contributed by atoms with Crippen LogP contribution in [0.2, 0.25) is 0 Å². The highest BCUT2D eigenvalue weighted by Crippen LogP contribution is 2.28. The van der Waals surface area contributed by atoms with Crippen LogP contribution < -0.4 is 16.4 Å². The second-order valence-corrected chi connectivity index (χ2v) is 10.1. The fourth-order valence-corrected chi connectivity index (χ4v) is 5.30. The van der Waals surface area contributed by atoms with E-state index in [1.165, 1.54) is 37.1 Å². The molecule has 3 aliphatic heterocycles. The van der Waals surface area contributed by atoms with Crippen molar-refractivity contribution in [3.63, 3.8) is 0 Å². The van der Waals surface area contributed by atoms with Gasteiger partial charge in [0.05, 0.1) is 41.2 Å². The smallest absolute Gasteiger partial charge is 0.238 e. The molecule has 4 N–H and O–H groups in total. The molecule has 0 radical (unpaired) electrons. The summed E-state index contributed by atoms with van der Waals surface area (Å²) in [6.45, 7) is 8.55. The average molecular weight is 554 g/mol. The summed E-state index contributed by atoms with van der Waals surface area (Å²) in [6, 6.07) is 8.72. The molecule has 1 amide bonds. The van der Waals surface area contributed by atoms with E-state index in [-0.39, 0.29) is 24.5 Å².